The van der Waals surface area contributed by atoms with E-state index in [1.54, 1.807) is 0 Å². The summed E-state index contributed by atoms with van der Waals surface area (Å²) in [5, 5.41) is 0. The van der Waals surface area contributed by atoms with Gasteiger partial charge in [-0.25, -0.2) is 0 Å². The van der Waals surface area contributed by atoms with Gasteiger partial charge in [0, 0.05) is 24.1 Å². The molecule has 0 atom stereocenters. The van der Waals surface area contributed by atoms with Crippen molar-refractivity contribution in [1.29, 1.82) is 0 Å². The van der Waals surface area contributed by atoms with Gasteiger partial charge in [0.15, 0.2) is 0 Å². The molecule has 0 amide bonds. The van der Waals surface area contributed by atoms with Crippen molar-refractivity contribution in [2.24, 2.45) is 0 Å². The second-order valence-corrected chi connectivity index (χ2v) is 7.26. The van der Waals surface area contributed by atoms with Gasteiger partial charge < -0.3 is 4.74 Å². The largest absolute Gasteiger partial charge is 0.365 e. The molecule has 2 nitrogen and oxygen atoms in total. The molecule has 0 saturated carbocycles. The van der Waals surface area contributed by atoms with Crippen molar-refractivity contribution >= 4 is 15.9 Å². The van der Waals surface area contributed by atoms with Crippen LogP contribution in [0.15, 0.2) is 53.0 Å². The fraction of sp³-hybridized carbons (Fsp3) is 0.368. The van der Waals surface area contributed by atoms with Crippen LogP contribution >= 0.6 is 15.9 Å². The number of ether oxygens (including phenoxy) is 1. The lowest BCUT2D eigenvalue weighted by Gasteiger charge is -2.39. The molecule has 0 radical (unpaired) electrons. The predicted octanol–water partition coefficient (Wildman–Crippen LogP) is 4.47. The van der Waals surface area contributed by atoms with Crippen LogP contribution in [0.5, 0.6) is 0 Å². The monoisotopic (exact) mass is 357 g/mol. The Hall–Kier alpha value is -1.16. The van der Waals surface area contributed by atoms with Crippen molar-refractivity contribution in [1.82, 2.24) is 4.90 Å². The van der Waals surface area contributed by atoms with Gasteiger partial charge in [0.1, 0.15) is 0 Å². The van der Waals surface area contributed by atoms with Gasteiger partial charge in [-0.15, -0.1) is 0 Å². The smallest absolute Gasteiger partial charge is 0.0963 e. The molecule has 114 valence electrons. The highest BCUT2D eigenvalue weighted by Crippen LogP contribution is 2.44. The molecule has 3 heteroatoms. The summed E-state index contributed by atoms with van der Waals surface area (Å²) in [4.78, 5) is 2.54. The van der Waals surface area contributed by atoms with Crippen LogP contribution in [0.4, 0.5) is 0 Å². The fourth-order valence-electron chi connectivity index (χ4n) is 3.75. The summed E-state index contributed by atoms with van der Waals surface area (Å²) >= 11 is 3.56. The number of fused-ring (bicyclic) bond motifs is 2. The predicted molar refractivity (Wildman–Crippen MR) is 91.6 cm³/mol. The van der Waals surface area contributed by atoms with E-state index in [-0.39, 0.29) is 5.60 Å². The maximum absolute atomic E-state index is 6.26. The Morgan fingerprint density at radius 2 is 1.82 bits per heavy atom. The molecule has 1 fully saturated rings. The first-order chi connectivity index (χ1) is 10.8. The van der Waals surface area contributed by atoms with Crippen LogP contribution in [0.3, 0.4) is 0 Å². The molecule has 0 aliphatic carbocycles. The van der Waals surface area contributed by atoms with E-state index >= 15 is 0 Å². The third-order valence-electron chi connectivity index (χ3n) is 4.97. The molecule has 1 spiro atoms. The Morgan fingerprint density at radius 3 is 2.59 bits per heavy atom. The van der Waals surface area contributed by atoms with E-state index in [0.717, 1.165) is 43.6 Å². The average Bonchev–Trinajstić information content (AvgIpc) is 2.89. The zero-order valence-electron chi connectivity index (χ0n) is 12.6. The second kappa shape index (κ2) is 5.80. The quantitative estimate of drug-likeness (QED) is 0.785. The van der Waals surface area contributed by atoms with E-state index in [9.17, 15) is 0 Å². The third-order valence-corrected chi connectivity index (χ3v) is 5.47. The number of nitrogens with zero attached hydrogens (tertiary/aromatic N) is 1. The Morgan fingerprint density at radius 1 is 1.05 bits per heavy atom. The molecule has 2 heterocycles. The van der Waals surface area contributed by atoms with Crippen molar-refractivity contribution in [3.63, 3.8) is 0 Å². The minimum Gasteiger partial charge on any atom is -0.365 e. The average molecular weight is 358 g/mol. The van der Waals surface area contributed by atoms with Crippen LogP contribution in [-0.4, -0.2) is 18.0 Å². The van der Waals surface area contributed by atoms with Crippen LogP contribution in [-0.2, 0) is 23.5 Å². The van der Waals surface area contributed by atoms with Crippen molar-refractivity contribution in [2.45, 2.75) is 31.6 Å². The first-order valence-corrected chi connectivity index (χ1v) is 8.74. The minimum absolute atomic E-state index is 0.0385. The van der Waals surface area contributed by atoms with E-state index in [2.05, 4.69) is 69.4 Å². The van der Waals surface area contributed by atoms with Crippen LogP contribution in [0, 0.1) is 0 Å². The summed E-state index contributed by atoms with van der Waals surface area (Å²) < 4.78 is 7.40. The molecule has 0 aromatic heterocycles. The number of halogens is 1. The summed E-state index contributed by atoms with van der Waals surface area (Å²) in [6.07, 6.45) is 2.18. The normalized spacial score (nSPS) is 20.2. The summed E-state index contributed by atoms with van der Waals surface area (Å²) in [6, 6.07) is 17.3. The fourth-order valence-corrected chi connectivity index (χ4v) is 4.16. The third kappa shape index (κ3) is 2.62. The molecule has 4 rings (SSSR count). The molecule has 2 aliphatic heterocycles. The van der Waals surface area contributed by atoms with E-state index in [1.165, 1.54) is 16.7 Å². The van der Waals surface area contributed by atoms with E-state index in [4.69, 9.17) is 4.74 Å². The minimum atomic E-state index is -0.0385. The second-order valence-electron chi connectivity index (χ2n) is 6.35. The van der Waals surface area contributed by atoms with Gasteiger partial charge in [0.05, 0.1) is 12.2 Å². The highest BCUT2D eigenvalue weighted by atomic mass is 79.9. The first-order valence-electron chi connectivity index (χ1n) is 7.94. The number of hydrogen-bond donors (Lipinski definition) is 0. The van der Waals surface area contributed by atoms with Gasteiger partial charge in [-0.2, -0.15) is 0 Å². The molecule has 0 unspecified atom stereocenters. The summed E-state index contributed by atoms with van der Waals surface area (Å²) in [5.74, 6) is 0. The van der Waals surface area contributed by atoms with E-state index < -0.39 is 0 Å². The van der Waals surface area contributed by atoms with Crippen molar-refractivity contribution < 1.29 is 4.74 Å². The number of rotatable bonds is 2. The van der Waals surface area contributed by atoms with Gasteiger partial charge >= 0.3 is 0 Å². The molecule has 1 saturated heterocycles. The van der Waals surface area contributed by atoms with Crippen LogP contribution in [0.25, 0.3) is 0 Å². The van der Waals surface area contributed by atoms with Gasteiger partial charge in [-0.05, 0) is 41.7 Å². The molecule has 0 N–H and O–H groups in total. The zero-order valence-corrected chi connectivity index (χ0v) is 14.2. The van der Waals surface area contributed by atoms with Crippen LogP contribution in [0.2, 0.25) is 0 Å². The maximum Gasteiger partial charge on any atom is 0.0963 e. The molecule has 0 bridgehead atoms. The SMILES string of the molecule is Brc1ccc2c(c1)COC21CCN(Cc2ccccc2)CC1. The van der Waals surface area contributed by atoms with Gasteiger partial charge in [0.25, 0.3) is 0 Å². The number of benzene rings is 2. The maximum atomic E-state index is 6.26. The molecule has 22 heavy (non-hydrogen) atoms. The molecular formula is C19H20BrNO. The molecular weight excluding hydrogens is 338 g/mol. The highest BCUT2D eigenvalue weighted by Gasteiger charge is 2.42. The Balaban J connectivity index is 1.47. The summed E-state index contributed by atoms with van der Waals surface area (Å²) in [5.41, 5.74) is 4.12. The molecule has 2 aromatic carbocycles. The summed E-state index contributed by atoms with van der Waals surface area (Å²) in [6.45, 7) is 4.01. The molecule has 2 aromatic rings. The molecule has 2 aliphatic rings. The first kappa shape index (κ1) is 14.4. The number of likely N-dealkylation sites (tertiary alicyclic amines) is 1. The van der Waals surface area contributed by atoms with E-state index in [1.807, 2.05) is 0 Å². The van der Waals surface area contributed by atoms with Gasteiger partial charge in [-0.3, -0.25) is 4.90 Å². The van der Waals surface area contributed by atoms with Gasteiger partial charge in [-0.1, -0.05) is 52.3 Å². The van der Waals surface area contributed by atoms with Crippen molar-refractivity contribution in [2.75, 3.05) is 13.1 Å². The van der Waals surface area contributed by atoms with Crippen molar-refractivity contribution in [3.05, 3.63) is 69.7 Å². The Kier molecular flexibility index (Phi) is 3.81. The number of piperidine rings is 1. The van der Waals surface area contributed by atoms with Crippen LogP contribution < -0.4 is 0 Å². The Labute approximate surface area is 140 Å². The lowest BCUT2D eigenvalue weighted by molar-refractivity contribution is -0.0799. The lowest BCUT2D eigenvalue weighted by Crippen LogP contribution is -2.42. The van der Waals surface area contributed by atoms with E-state index in [0.29, 0.717) is 0 Å². The highest BCUT2D eigenvalue weighted by molar-refractivity contribution is 9.10. The standard InChI is InChI=1S/C19H20BrNO/c20-17-6-7-18-16(12-17)14-22-19(18)8-10-21(11-9-19)13-15-4-2-1-3-5-15/h1-7,12H,8-11,13-14H2. The zero-order chi connectivity index (χ0) is 15.0. The number of hydrogen-bond acceptors (Lipinski definition) is 2. The van der Waals surface area contributed by atoms with Crippen LogP contribution in [0.1, 0.15) is 29.5 Å². The lowest BCUT2D eigenvalue weighted by atomic mass is 9.84. The van der Waals surface area contributed by atoms with Crippen molar-refractivity contribution in [3.8, 4) is 0 Å². The Bertz CT molecular complexity index is 662. The summed E-state index contributed by atoms with van der Waals surface area (Å²) in [7, 11) is 0. The van der Waals surface area contributed by atoms with Gasteiger partial charge in [0.2, 0.25) is 0 Å². The topological polar surface area (TPSA) is 12.5 Å².